The van der Waals surface area contributed by atoms with Gasteiger partial charge in [-0.3, -0.25) is 4.79 Å². The van der Waals surface area contributed by atoms with E-state index in [4.69, 9.17) is 9.84 Å². The third kappa shape index (κ3) is 4.72. The maximum atomic E-state index is 12.7. The minimum atomic E-state index is -1.00. The molecule has 3 rings (SSSR count). The van der Waals surface area contributed by atoms with Crippen molar-refractivity contribution in [1.82, 2.24) is 4.90 Å². The lowest BCUT2D eigenvalue weighted by Crippen LogP contribution is -2.41. The summed E-state index contributed by atoms with van der Waals surface area (Å²) in [6.07, 6.45) is 4.07. The van der Waals surface area contributed by atoms with Gasteiger partial charge in [0.2, 0.25) is 0 Å². The number of rotatable bonds is 4. The van der Waals surface area contributed by atoms with Gasteiger partial charge in [-0.1, -0.05) is 6.07 Å². The molecule has 0 radical (unpaired) electrons. The van der Waals surface area contributed by atoms with Crippen molar-refractivity contribution >= 4 is 17.8 Å². The Morgan fingerprint density at radius 3 is 2.46 bits per heavy atom. The zero-order valence-electron chi connectivity index (χ0n) is 16.9. The molecule has 1 saturated heterocycles. The molecule has 1 aliphatic heterocycles. The molecule has 1 fully saturated rings. The summed E-state index contributed by atoms with van der Waals surface area (Å²) in [6, 6.07) is 4.86. The van der Waals surface area contributed by atoms with Gasteiger partial charge in [-0.2, -0.15) is 0 Å². The molecule has 152 valence electrons. The smallest absolute Gasteiger partial charge is 0.410 e. The van der Waals surface area contributed by atoms with Gasteiger partial charge in [0.05, 0.1) is 5.56 Å². The minimum absolute atomic E-state index is 0.0528. The van der Waals surface area contributed by atoms with E-state index in [0.717, 1.165) is 31.2 Å². The number of piperidine rings is 1. The second-order valence-electron chi connectivity index (χ2n) is 8.93. The van der Waals surface area contributed by atoms with Crippen LogP contribution in [0.15, 0.2) is 18.2 Å². The van der Waals surface area contributed by atoms with Gasteiger partial charge in [-0.25, -0.2) is 9.59 Å². The van der Waals surface area contributed by atoms with Crippen molar-refractivity contribution in [3.8, 4) is 0 Å². The molecule has 28 heavy (non-hydrogen) atoms. The van der Waals surface area contributed by atoms with Gasteiger partial charge in [-0.15, -0.1) is 0 Å². The van der Waals surface area contributed by atoms with Gasteiger partial charge in [-0.05, 0) is 76.5 Å². The van der Waals surface area contributed by atoms with E-state index in [2.05, 4.69) is 0 Å². The highest BCUT2D eigenvalue weighted by molar-refractivity contribution is 6.04. The summed E-state index contributed by atoms with van der Waals surface area (Å²) in [4.78, 5) is 37.7. The maximum absolute atomic E-state index is 12.7. The molecule has 1 aliphatic carbocycles. The van der Waals surface area contributed by atoms with Crippen LogP contribution in [0, 0.1) is 11.8 Å². The summed E-state index contributed by atoms with van der Waals surface area (Å²) in [6.45, 7) is 7.00. The van der Waals surface area contributed by atoms with Crippen molar-refractivity contribution in [1.29, 1.82) is 0 Å². The number of aromatic carboxylic acids is 1. The number of benzene rings is 1. The zero-order valence-corrected chi connectivity index (χ0v) is 16.9. The molecule has 1 aromatic rings. The number of likely N-dealkylation sites (tertiary alicyclic amines) is 1. The van der Waals surface area contributed by atoms with E-state index in [1.54, 1.807) is 17.0 Å². The lowest BCUT2D eigenvalue weighted by Gasteiger charge is -2.33. The van der Waals surface area contributed by atoms with Crippen molar-refractivity contribution in [2.45, 2.75) is 58.5 Å². The first-order valence-corrected chi connectivity index (χ1v) is 10.0. The van der Waals surface area contributed by atoms with Gasteiger partial charge < -0.3 is 14.7 Å². The number of carboxylic acids is 1. The number of hydrogen-bond acceptors (Lipinski definition) is 4. The minimum Gasteiger partial charge on any atom is -0.478 e. The Bertz CT molecular complexity index is 772. The number of Topliss-reactive ketones (excluding diaryl/α,β-unsaturated/α-hetero) is 1. The fourth-order valence-electron chi connectivity index (χ4n) is 4.10. The highest BCUT2D eigenvalue weighted by Crippen LogP contribution is 2.33. The molecule has 1 heterocycles. The fraction of sp³-hybridized carbons (Fsp3) is 0.591. The number of nitrogens with zero attached hydrogens (tertiary/aromatic N) is 1. The molecule has 6 heteroatoms. The predicted molar refractivity (Wildman–Crippen MR) is 105 cm³/mol. The average molecular weight is 387 g/mol. The Balaban J connectivity index is 1.48. The first kappa shape index (κ1) is 20.4. The van der Waals surface area contributed by atoms with E-state index in [9.17, 15) is 14.4 Å². The molecular weight excluding hydrogens is 358 g/mol. The van der Waals surface area contributed by atoms with Crippen LogP contribution in [-0.2, 0) is 11.2 Å². The Morgan fingerprint density at radius 1 is 1.18 bits per heavy atom. The summed E-state index contributed by atoms with van der Waals surface area (Å²) in [5, 5.41) is 9.12. The first-order valence-electron chi connectivity index (χ1n) is 10.0. The van der Waals surface area contributed by atoms with E-state index in [0.29, 0.717) is 31.0 Å². The number of fused-ring (bicyclic) bond motifs is 1. The molecule has 2 aliphatic rings. The Kier molecular flexibility index (Phi) is 5.77. The van der Waals surface area contributed by atoms with Crippen molar-refractivity contribution in [3.63, 3.8) is 0 Å². The van der Waals surface area contributed by atoms with Crippen molar-refractivity contribution < 1.29 is 24.2 Å². The van der Waals surface area contributed by atoms with Gasteiger partial charge >= 0.3 is 12.1 Å². The largest absolute Gasteiger partial charge is 0.478 e. The molecule has 0 spiro atoms. The highest BCUT2D eigenvalue weighted by Gasteiger charge is 2.32. The molecule has 6 nitrogen and oxygen atoms in total. The number of amides is 1. The van der Waals surface area contributed by atoms with E-state index < -0.39 is 11.6 Å². The van der Waals surface area contributed by atoms with Crippen LogP contribution < -0.4 is 0 Å². The molecule has 1 aromatic carbocycles. The third-order valence-corrected chi connectivity index (χ3v) is 5.65. The van der Waals surface area contributed by atoms with Crippen LogP contribution in [0.25, 0.3) is 0 Å². The normalized spacial score (nSPS) is 20.2. The number of ether oxygens (including phenoxy) is 1. The summed E-state index contributed by atoms with van der Waals surface area (Å²) in [7, 11) is 0. The Morgan fingerprint density at radius 2 is 1.86 bits per heavy atom. The average Bonchev–Trinajstić information content (AvgIpc) is 2.94. The monoisotopic (exact) mass is 387 g/mol. The van der Waals surface area contributed by atoms with E-state index in [1.807, 2.05) is 20.8 Å². The predicted octanol–water partition coefficient (Wildman–Crippen LogP) is 4.17. The van der Waals surface area contributed by atoms with Crippen LogP contribution in [0.2, 0.25) is 0 Å². The maximum Gasteiger partial charge on any atom is 0.410 e. The van der Waals surface area contributed by atoms with Crippen LogP contribution in [-0.4, -0.2) is 46.5 Å². The number of ketones is 1. The zero-order chi connectivity index (χ0) is 20.5. The van der Waals surface area contributed by atoms with Gasteiger partial charge in [0.1, 0.15) is 5.60 Å². The lowest BCUT2D eigenvalue weighted by molar-refractivity contribution is 0.0179. The van der Waals surface area contributed by atoms with Crippen molar-refractivity contribution in [3.05, 3.63) is 34.9 Å². The van der Waals surface area contributed by atoms with E-state index in [-0.39, 0.29) is 23.4 Å². The highest BCUT2D eigenvalue weighted by atomic mass is 16.6. The van der Waals surface area contributed by atoms with Gasteiger partial charge in [0.15, 0.2) is 5.78 Å². The summed E-state index contributed by atoms with van der Waals surface area (Å²) < 4.78 is 5.43. The number of carboxylic acid groups (broad SMARTS) is 1. The Labute approximate surface area is 165 Å². The molecule has 0 bridgehead atoms. The van der Waals surface area contributed by atoms with Crippen LogP contribution in [0.4, 0.5) is 4.79 Å². The van der Waals surface area contributed by atoms with Crippen molar-refractivity contribution in [2.75, 3.05) is 13.1 Å². The van der Waals surface area contributed by atoms with Crippen molar-refractivity contribution in [2.24, 2.45) is 11.8 Å². The first-order chi connectivity index (χ1) is 13.1. The molecule has 1 atom stereocenters. The second-order valence-corrected chi connectivity index (χ2v) is 8.93. The van der Waals surface area contributed by atoms with Crippen LogP contribution in [0.1, 0.15) is 72.7 Å². The number of carbonyl (C=O) groups is 3. The number of hydrogen-bond donors (Lipinski definition) is 1. The second kappa shape index (κ2) is 7.94. The molecule has 0 saturated carbocycles. The van der Waals surface area contributed by atoms with Gasteiger partial charge in [0.25, 0.3) is 0 Å². The van der Waals surface area contributed by atoms with Crippen LogP contribution in [0.3, 0.4) is 0 Å². The topological polar surface area (TPSA) is 83.9 Å². The molecular formula is C22H29NO5. The van der Waals surface area contributed by atoms with E-state index in [1.165, 1.54) is 6.07 Å². The summed E-state index contributed by atoms with van der Waals surface area (Å²) in [5.41, 5.74) is 1.22. The summed E-state index contributed by atoms with van der Waals surface area (Å²) >= 11 is 0. The SMILES string of the molecule is CC(C)(C)OC(=O)N1CCC(CCC2Cc3ccc(C(=O)O)cc3C2=O)CC1. The molecule has 1 unspecified atom stereocenters. The number of carbonyl (C=O) groups excluding carboxylic acids is 2. The fourth-order valence-corrected chi connectivity index (χ4v) is 4.10. The molecule has 1 N–H and O–H groups in total. The Hall–Kier alpha value is -2.37. The molecule has 0 aromatic heterocycles. The van der Waals surface area contributed by atoms with Crippen LogP contribution >= 0.6 is 0 Å². The van der Waals surface area contributed by atoms with Crippen LogP contribution in [0.5, 0.6) is 0 Å². The summed E-state index contributed by atoms with van der Waals surface area (Å²) in [5.74, 6) is -0.479. The third-order valence-electron chi connectivity index (χ3n) is 5.65. The standard InChI is InChI=1S/C22H29NO5/c1-22(2,3)28-21(27)23-10-8-14(9-11-23)4-5-16-12-15-6-7-17(20(25)26)13-18(15)19(16)24/h6-7,13-14,16H,4-5,8-12H2,1-3H3,(H,25,26). The quantitative estimate of drug-likeness (QED) is 0.838. The molecule has 1 amide bonds. The van der Waals surface area contributed by atoms with E-state index >= 15 is 0 Å². The lowest BCUT2D eigenvalue weighted by atomic mass is 9.87. The van der Waals surface area contributed by atoms with Gasteiger partial charge in [0, 0.05) is 24.6 Å².